The van der Waals surface area contributed by atoms with E-state index in [1.54, 1.807) is 0 Å². The molecule has 1 aliphatic heterocycles. The molecule has 0 saturated carbocycles. The summed E-state index contributed by atoms with van der Waals surface area (Å²) in [6.45, 7) is 6.86. The zero-order valence-corrected chi connectivity index (χ0v) is 16.0. The van der Waals surface area contributed by atoms with Gasteiger partial charge in [-0.15, -0.1) is 0 Å². The molecule has 0 aromatic heterocycles. The van der Waals surface area contributed by atoms with Crippen LogP contribution in [0, 0.1) is 5.92 Å². The number of benzene rings is 1. The molecule has 1 heterocycles. The van der Waals surface area contributed by atoms with Gasteiger partial charge in [0.15, 0.2) is 5.11 Å². The molecule has 3 nitrogen and oxygen atoms in total. The predicted molar refractivity (Wildman–Crippen MR) is 103 cm³/mol. The number of piperidine rings is 1. The minimum absolute atomic E-state index is 0.644. The zero-order chi connectivity index (χ0) is 15.9. The van der Waals surface area contributed by atoms with Crippen LogP contribution in [-0.2, 0) is 0 Å². The number of hydrogen-bond acceptors (Lipinski definition) is 2. The molecule has 1 aliphatic rings. The van der Waals surface area contributed by atoms with E-state index in [4.69, 9.17) is 23.8 Å². The van der Waals surface area contributed by atoms with Crippen LogP contribution in [-0.4, -0.2) is 36.2 Å². The van der Waals surface area contributed by atoms with Crippen molar-refractivity contribution in [3.8, 4) is 0 Å². The average molecular weight is 405 g/mol. The summed E-state index contributed by atoms with van der Waals surface area (Å²) in [5, 5.41) is 7.73. The molecule has 1 saturated heterocycles. The number of likely N-dealkylation sites (tertiary alicyclic amines) is 1. The zero-order valence-electron chi connectivity index (χ0n) is 12.9. The second-order valence-electron chi connectivity index (χ2n) is 5.89. The summed E-state index contributed by atoms with van der Waals surface area (Å²) in [6, 6.07) is 5.71. The molecule has 0 unspecified atom stereocenters. The van der Waals surface area contributed by atoms with E-state index >= 15 is 0 Å². The van der Waals surface area contributed by atoms with E-state index < -0.39 is 0 Å². The first-order valence-corrected chi connectivity index (χ1v) is 9.35. The van der Waals surface area contributed by atoms with E-state index in [2.05, 4.69) is 38.4 Å². The molecule has 6 heteroatoms. The maximum atomic E-state index is 6.06. The summed E-state index contributed by atoms with van der Waals surface area (Å²) in [6.07, 6.45) is 3.77. The van der Waals surface area contributed by atoms with Crippen LogP contribution in [0.1, 0.15) is 26.2 Å². The quantitative estimate of drug-likeness (QED) is 0.558. The number of rotatable bonds is 5. The molecule has 22 heavy (non-hydrogen) atoms. The standard InChI is InChI=1S/C16H23BrClN3S/c1-12-5-9-21(10-6-12)8-2-7-19-16(22)20-13-3-4-14(17)15(18)11-13/h3-4,11-12H,2,5-10H2,1H3,(H2,19,20,22). The fourth-order valence-electron chi connectivity index (χ4n) is 2.54. The second-order valence-corrected chi connectivity index (χ2v) is 7.56. The first-order chi connectivity index (χ1) is 10.5. The summed E-state index contributed by atoms with van der Waals surface area (Å²) >= 11 is 14.7. The highest BCUT2D eigenvalue weighted by molar-refractivity contribution is 9.10. The Morgan fingerprint density at radius 2 is 2.14 bits per heavy atom. The van der Waals surface area contributed by atoms with E-state index in [0.29, 0.717) is 10.1 Å². The average Bonchev–Trinajstić information content (AvgIpc) is 2.49. The molecule has 0 bridgehead atoms. The molecule has 1 fully saturated rings. The number of thiocarbonyl (C=S) groups is 1. The van der Waals surface area contributed by atoms with Crippen LogP contribution in [0.3, 0.4) is 0 Å². The van der Waals surface area contributed by atoms with Crippen LogP contribution in [0.25, 0.3) is 0 Å². The third-order valence-corrected chi connectivity index (χ3v) is 5.47. The molecule has 0 amide bonds. The fraction of sp³-hybridized carbons (Fsp3) is 0.562. The summed E-state index contributed by atoms with van der Waals surface area (Å²) in [4.78, 5) is 2.55. The molecule has 1 aromatic carbocycles. The minimum atomic E-state index is 0.644. The van der Waals surface area contributed by atoms with Gasteiger partial charge in [-0.1, -0.05) is 18.5 Å². The summed E-state index contributed by atoms with van der Waals surface area (Å²) in [5.41, 5.74) is 0.899. The molecule has 2 N–H and O–H groups in total. The van der Waals surface area contributed by atoms with Crippen LogP contribution in [0.2, 0.25) is 5.02 Å². The number of hydrogen-bond donors (Lipinski definition) is 2. The van der Waals surface area contributed by atoms with Crippen molar-refractivity contribution in [2.75, 3.05) is 31.5 Å². The molecular weight excluding hydrogens is 382 g/mol. The van der Waals surface area contributed by atoms with E-state index in [1.807, 2.05) is 18.2 Å². The van der Waals surface area contributed by atoms with E-state index in [1.165, 1.54) is 25.9 Å². The van der Waals surface area contributed by atoms with Crippen molar-refractivity contribution >= 4 is 50.5 Å². The van der Waals surface area contributed by atoms with Crippen molar-refractivity contribution in [2.45, 2.75) is 26.2 Å². The predicted octanol–water partition coefficient (Wildman–Crippen LogP) is 4.51. The van der Waals surface area contributed by atoms with Crippen molar-refractivity contribution in [1.82, 2.24) is 10.2 Å². The Morgan fingerprint density at radius 1 is 1.41 bits per heavy atom. The Hall–Kier alpha value is -0.360. The fourth-order valence-corrected chi connectivity index (χ4v) is 3.19. The Labute approximate surface area is 151 Å². The van der Waals surface area contributed by atoms with Gasteiger partial charge in [-0.2, -0.15) is 0 Å². The highest BCUT2D eigenvalue weighted by atomic mass is 79.9. The van der Waals surface area contributed by atoms with Gasteiger partial charge in [0.05, 0.1) is 5.02 Å². The summed E-state index contributed by atoms with van der Waals surface area (Å²) in [7, 11) is 0. The smallest absolute Gasteiger partial charge is 0.170 e. The molecule has 2 rings (SSSR count). The van der Waals surface area contributed by atoms with Gasteiger partial charge < -0.3 is 15.5 Å². The summed E-state index contributed by atoms with van der Waals surface area (Å²) in [5.74, 6) is 0.892. The SMILES string of the molecule is CC1CCN(CCCNC(=S)Nc2ccc(Br)c(Cl)c2)CC1. The molecule has 0 aliphatic carbocycles. The van der Waals surface area contributed by atoms with Gasteiger partial charge in [0.2, 0.25) is 0 Å². The molecular formula is C16H23BrClN3S. The first kappa shape index (κ1) is 18.0. The van der Waals surface area contributed by atoms with Crippen LogP contribution in [0.4, 0.5) is 5.69 Å². The molecule has 0 radical (unpaired) electrons. The van der Waals surface area contributed by atoms with Gasteiger partial charge in [-0.05, 0) is 91.2 Å². The van der Waals surface area contributed by atoms with Gasteiger partial charge in [0, 0.05) is 16.7 Å². The topological polar surface area (TPSA) is 27.3 Å². The largest absolute Gasteiger partial charge is 0.362 e. The lowest BCUT2D eigenvalue weighted by Gasteiger charge is -2.30. The van der Waals surface area contributed by atoms with Crippen molar-refractivity contribution in [1.29, 1.82) is 0 Å². The lowest BCUT2D eigenvalue weighted by Crippen LogP contribution is -2.36. The van der Waals surface area contributed by atoms with Gasteiger partial charge in [0.25, 0.3) is 0 Å². The number of halogens is 2. The maximum absolute atomic E-state index is 6.06. The third-order valence-electron chi connectivity index (χ3n) is 3.99. The second kappa shape index (κ2) is 9.06. The highest BCUT2D eigenvalue weighted by Crippen LogP contribution is 2.25. The number of nitrogens with one attached hydrogen (secondary N) is 2. The van der Waals surface area contributed by atoms with Crippen LogP contribution in [0.5, 0.6) is 0 Å². The maximum Gasteiger partial charge on any atom is 0.170 e. The lowest BCUT2D eigenvalue weighted by atomic mass is 9.99. The number of anilines is 1. The van der Waals surface area contributed by atoms with Crippen molar-refractivity contribution in [3.63, 3.8) is 0 Å². The van der Waals surface area contributed by atoms with Gasteiger partial charge >= 0.3 is 0 Å². The van der Waals surface area contributed by atoms with E-state index in [-0.39, 0.29) is 0 Å². The van der Waals surface area contributed by atoms with Crippen molar-refractivity contribution in [3.05, 3.63) is 27.7 Å². The minimum Gasteiger partial charge on any atom is -0.362 e. The van der Waals surface area contributed by atoms with Gasteiger partial charge in [-0.25, -0.2) is 0 Å². The Kier molecular flexibility index (Phi) is 7.41. The molecule has 122 valence electrons. The lowest BCUT2D eigenvalue weighted by molar-refractivity contribution is 0.191. The third kappa shape index (κ3) is 6.03. The normalized spacial score (nSPS) is 16.5. The van der Waals surface area contributed by atoms with Crippen LogP contribution < -0.4 is 10.6 Å². The Balaban J connectivity index is 1.62. The summed E-state index contributed by atoms with van der Waals surface area (Å²) < 4.78 is 0.884. The monoisotopic (exact) mass is 403 g/mol. The molecule has 0 spiro atoms. The molecule has 1 aromatic rings. The van der Waals surface area contributed by atoms with Crippen molar-refractivity contribution < 1.29 is 0 Å². The van der Waals surface area contributed by atoms with Crippen LogP contribution in [0.15, 0.2) is 22.7 Å². The van der Waals surface area contributed by atoms with Gasteiger partial charge in [0.1, 0.15) is 0 Å². The van der Waals surface area contributed by atoms with Crippen LogP contribution >= 0.6 is 39.7 Å². The highest BCUT2D eigenvalue weighted by Gasteiger charge is 2.14. The van der Waals surface area contributed by atoms with E-state index in [9.17, 15) is 0 Å². The Morgan fingerprint density at radius 3 is 2.82 bits per heavy atom. The Bertz CT molecular complexity index is 504. The van der Waals surface area contributed by atoms with Gasteiger partial charge in [-0.3, -0.25) is 0 Å². The van der Waals surface area contributed by atoms with E-state index in [0.717, 1.165) is 35.6 Å². The number of nitrogens with zero attached hydrogens (tertiary/aromatic N) is 1. The first-order valence-electron chi connectivity index (χ1n) is 7.77. The van der Waals surface area contributed by atoms with Crippen molar-refractivity contribution in [2.24, 2.45) is 5.92 Å². The molecule has 0 atom stereocenters.